The van der Waals surface area contributed by atoms with Crippen LogP contribution in [0, 0.1) is 0 Å². The molecule has 13 heavy (non-hydrogen) atoms. The number of hydrogen-bond acceptors (Lipinski definition) is 1. The molecule has 0 aromatic heterocycles. The molecule has 80 valence electrons. The largest absolute Gasteiger partial charge is 0.401 e. The Kier molecular flexibility index (Phi) is 3.79. The molecule has 4 heteroatoms. The fourth-order valence-corrected chi connectivity index (χ4v) is 1.39. The van der Waals surface area contributed by atoms with Crippen molar-refractivity contribution in [1.82, 2.24) is 4.90 Å². The van der Waals surface area contributed by atoms with Crippen LogP contribution in [0.15, 0.2) is 0 Å². The van der Waals surface area contributed by atoms with Gasteiger partial charge in [0.15, 0.2) is 0 Å². The number of hydrogen-bond donors (Lipinski definition) is 0. The zero-order chi connectivity index (χ0) is 10.9. The van der Waals surface area contributed by atoms with E-state index in [0.717, 1.165) is 0 Å². The van der Waals surface area contributed by atoms with Crippen molar-refractivity contribution >= 4 is 0 Å². The van der Waals surface area contributed by atoms with Crippen LogP contribution < -0.4 is 0 Å². The first-order chi connectivity index (χ1) is 5.54. The summed E-state index contributed by atoms with van der Waals surface area (Å²) in [6, 6.07) is -0.0957. The Morgan fingerprint density at radius 2 is 1.46 bits per heavy atom. The van der Waals surface area contributed by atoms with Crippen molar-refractivity contribution in [2.45, 2.75) is 52.4 Å². The zero-order valence-electron chi connectivity index (χ0n) is 8.87. The van der Waals surface area contributed by atoms with E-state index < -0.39 is 18.3 Å². The third-order valence-electron chi connectivity index (χ3n) is 1.83. The normalized spacial score (nSPS) is 14.3. The molecule has 0 aromatic carbocycles. The quantitative estimate of drug-likeness (QED) is 0.657. The minimum atomic E-state index is -4.11. The van der Waals surface area contributed by atoms with Crippen LogP contribution in [-0.4, -0.2) is 29.2 Å². The van der Waals surface area contributed by atoms with E-state index >= 15 is 0 Å². The highest BCUT2D eigenvalue weighted by Gasteiger charge is 2.36. The molecule has 0 unspecified atom stereocenters. The lowest BCUT2D eigenvalue weighted by molar-refractivity contribution is -0.161. The second kappa shape index (κ2) is 3.86. The van der Waals surface area contributed by atoms with Crippen LogP contribution in [0.4, 0.5) is 13.2 Å². The lowest BCUT2D eigenvalue weighted by Gasteiger charge is -2.39. The maximum Gasteiger partial charge on any atom is 0.401 e. The fraction of sp³-hybridized carbons (Fsp3) is 1.00. The monoisotopic (exact) mass is 197 g/mol. The molecule has 0 saturated carbocycles. The van der Waals surface area contributed by atoms with Crippen LogP contribution >= 0.6 is 0 Å². The van der Waals surface area contributed by atoms with Gasteiger partial charge in [0, 0.05) is 11.6 Å². The van der Waals surface area contributed by atoms with Gasteiger partial charge in [-0.05, 0) is 34.6 Å². The summed E-state index contributed by atoms with van der Waals surface area (Å²) in [5, 5.41) is 0. The Morgan fingerprint density at radius 3 is 1.54 bits per heavy atom. The predicted octanol–water partition coefficient (Wildman–Crippen LogP) is 3.06. The average molecular weight is 197 g/mol. The first-order valence-corrected chi connectivity index (χ1v) is 4.37. The first kappa shape index (κ1) is 12.8. The molecule has 0 heterocycles. The lowest BCUT2D eigenvalue weighted by Crippen LogP contribution is -2.50. The summed E-state index contributed by atoms with van der Waals surface area (Å²) in [4.78, 5) is 1.44. The minimum absolute atomic E-state index is 0.0957. The van der Waals surface area contributed by atoms with Gasteiger partial charge in [-0.1, -0.05) is 0 Å². The van der Waals surface area contributed by atoms with E-state index in [1.807, 2.05) is 0 Å². The van der Waals surface area contributed by atoms with Gasteiger partial charge in [0.1, 0.15) is 0 Å². The highest BCUT2D eigenvalue weighted by molar-refractivity contribution is 4.80. The first-order valence-electron chi connectivity index (χ1n) is 4.37. The molecule has 0 aliphatic carbocycles. The van der Waals surface area contributed by atoms with Crippen LogP contribution in [0.2, 0.25) is 0 Å². The lowest BCUT2D eigenvalue weighted by atomic mass is 10.0. The van der Waals surface area contributed by atoms with E-state index in [0.29, 0.717) is 0 Å². The van der Waals surface area contributed by atoms with Crippen LogP contribution in [-0.2, 0) is 0 Å². The molecule has 1 nitrogen and oxygen atoms in total. The highest BCUT2D eigenvalue weighted by Crippen LogP contribution is 2.24. The van der Waals surface area contributed by atoms with Gasteiger partial charge in [-0.15, -0.1) is 0 Å². The van der Waals surface area contributed by atoms with Crippen molar-refractivity contribution < 1.29 is 13.2 Å². The summed E-state index contributed by atoms with van der Waals surface area (Å²) in [7, 11) is 0. The summed E-state index contributed by atoms with van der Waals surface area (Å²) >= 11 is 0. The van der Waals surface area contributed by atoms with E-state index in [1.54, 1.807) is 34.6 Å². The van der Waals surface area contributed by atoms with E-state index in [-0.39, 0.29) is 6.04 Å². The molecule has 0 rings (SSSR count). The van der Waals surface area contributed by atoms with Crippen molar-refractivity contribution in [2.75, 3.05) is 6.54 Å². The maximum absolute atomic E-state index is 12.2. The average Bonchev–Trinajstić information content (AvgIpc) is 1.77. The standard InChI is InChI=1S/C9H18F3N/c1-7(2)13(8(3,4)5)6-9(10,11)12/h7H,6H2,1-5H3. The topological polar surface area (TPSA) is 3.24 Å². The van der Waals surface area contributed by atoms with E-state index in [1.165, 1.54) is 4.90 Å². The summed E-state index contributed by atoms with van der Waals surface area (Å²) in [5.41, 5.74) is -0.441. The molecular weight excluding hydrogens is 179 g/mol. The summed E-state index contributed by atoms with van der Waals surface area (Å²) in [6.07, 6.45) is -4.11. The second-order valence-corrected chi connectivity index (χ2v) is 4.51. The Bertz CT molecular complexity index is 155. The fourth-order valence-electron chi connectivity index (χ4n) is 1.39. The highest BCUT2D eigenvalue weighted by atomic mass is 19.4. The van der Waals surface area contributed by atoms with E-state index in [2.05, 4.69) is 0 Å². The number of alkyl halides is 3. The van der Waals surface area contributed by atoms with Gasteiger partial charge in [0.05, 0.1) is 6.54 Å². The molecule has 0 fully saturated rings. The van der Waals surface area contributed by atoms with Crippen molar-refractivity contribution in [3.8, 4) is 0 Å². The third kappa shape index (κ3) is 5.13. The van der Waals surface area contributed by atoms with Gasteiger partial charge in [-0.2, -0.15) is 13.2 Å². The SMILES string of the molecule is CC(C)N(CC(F)(F)F)C(C)(C)C. The number of rotatable bonds is 2. The molecule has 0 aliphatic heterocycles. The molecule has 0 N–H and O–H groups in total. The second-order valence-electron chi connectivity index (χ2n) is 4.51. The Labute approximate surface area is 77.9 Å². The molecular formula is C9H18F3N. The minimum Gasteiger partial charge on any atom is -0.288 e. The van der Waals surface area contributed by atoms with Crippen LogP contribution in [0.3, 0.4) is 0 Å². The zero-order valence-corrected chi connectivity index (χ0v) is 8.87. The summed E-state index contributed by atoms with van der Waals surface area (Å²) in [5.74, 6) is 0. The van der Waals surface area contributed by atoms with Crippen LogP contribution in [0.1, 0.15) is 34.6 Å². The number of nitrogens with zero attached hydrogens (tertiary/aromatic N) is 1. The van der Waals surface area contributed by atoms with Gasteiger partial charge >= 0.3 is 6.18 Å². The Hall–Kier alpha value is -0.250. The Morgan fingerprint density at radius 1 is 1.08 bits per heavy atom. The smallest absolute Gasteiger partial charge is 0.288 e. The molecule has 0 bridgehead atoms. The summed E-state index contributed by atoms with van der Waals surface area (Å²) in [6.45, 7) is 8.08. The molecule has 0 atom stereocenters. The third-order valence-corrected chi connectivity index (χ3v) is 1.83. The Balaban J connectivity index is 4.47. The summed E-state index contributed by atoms with van der Waals surface area (Å²) < 4.78 is 36.5. The van der Waals surface area contributed by atoms with Gasteiger partial charge in [-0.3, -0.25) is 4.90 Å². The van der Waals surface area contributed by atoms with Crippen molar-refractivity contribution in [3.63, 3.8) is 0 Å². The van der Waals surface area contributed by atoms with Gasteiger partial charge in [0.2, 0.25) is 0 Å². The predicted molar refractivity (Wildman–Crippen MR) is 47.7 cm³/mol. The van der Waals surface area contributed by atoms with Gasteiger partial charge in [0.25, 0.3) is 0 Å². The van der Waals surface area contributed by atoms with E-state index in [4.69, 9.17) is 0 Å². The van der Waals surface area contributed by atoms with Gasteiger partial charge < -0.3 is 0 Å². The molecule has 0 aliphatic rings. The molecule has 0 amide bonds. The maximum atomic E-state index is 12.2. The molecule has 0 radical (unpaired) electrons. The number of halogens is 3. The van der Waals surface area contributed by atoms with Crippen LogP contribution in [0.5, 0.6) is 0 Å². The molecule has 0 aromatic rings. The van der Waals surface area contributed by atoms with Crippen LogP contribution in [0.25, 0.3) is 0 Å². The van der Waals surface area contributed by atoms with E-state index in [9.17, 15) is 13.2 Å². The van der Waals surface area contributed by atoms with Crippen molar-refractivity contribution in [1.29, 1.82) is 0 Å². The van der Waals surface area contributed by atoms with Crippen molar-refractivity contribution in [3.05, 3.63) is 0 Å². The van der Waals surface area contributed by atoms with Gasteiger partial charge in [-0.25, -0.2) is 0 Å². The van der Waals surface area contributed by atoms with Crippen molar-refractivity contribution in [2.24, 2.45) is 0 Å². The molecule has 0 spiro atoms. The molecule has 0 saturated heterocycles.